The molecule has 3 heteroatoms. The zero-order valence-corrected chi connectivity index (χ0v) is 9.15. The van der Waals surface area contributed by atoms with Crippen LogP contribution in [0.25, 0.3) is 0 Å². The molecule has 74 valence electrons. The normalized spacial score (nSPS) is 12.0. The third-order valence-electron chi connectivity index (χ3n) is 1.78. The van der Waals surface area contributed by atoms with E-state index in [1.807, 2.05) is 26.8 Å². The van der Waals surface area contributed by atoms with Crippen molar-refractivity contribution in [1.29, 1.82) is 0 Å². The Morgan fingerprint density at radius 2 is 2.23 bits per heavy atom. The highest BCUT2D eigenvalue weighted by atomic mass is 32.2. The molecule has 0 spiro atoms. The van der Waals surface area contributed by atoms with E-state index in [-0.39, 0.29) is 0 Å². The van der Waals surface area contributed by atoms with Crippen molar-refractivity contribution < 1.29 is 9.52 Å². The zero-order chi connectivity index (χ0) is 9.90. The first-order chi connectivity index (χ1) is 5.99. The van der Waals surface area contributed by atoms with Crippen LogP contribution in [0.4, 0.5) is 0 Å². The molecular formula is C10H16O2S. The van der Waals surface area contributed by atoms with E-state index in [0.717, 1.165) is 17.9 Å². The lowest BCUT2D eigenvalue weighted by atomic mass is 10.1. The van der Waals surface area contributed by atoms with Gasteiger partial charge in [-0.15, -0.1) is 11.8 Å². The summed E-state index contributed by atoms with van der Waals surface area (Å²) in [4.78, 5) is 1.17. The van der Waals surface area contributed by atoms with E-state index in [1.54, 1.807) is 18.0 Å². The summed E-state index contributed by atoms with van der Waals surface area (Å²) < 4.78 is 5.16. The fourth-order valence-corrected chi connectivity index (χ4v) is 2.16. The van der Waals surface area contributed by atoms with Gasteiger partial charge in [0.1, 0.15) is 5.76 Å². The number of hydrogen-bond acceptors (Lipinski definition) is 3. The summed E-state index contributed by atoms with van der Waals surface area (Å²) in [5.41, 5.74) is -0.565. The van der Waals surface area contributed by atoms with Gasteiger partial charge in [-0.2, -0.15) is 0 Å². The quantitative estimate of drug-likeness (QED) is 0.759. The highest BCUT2D eigenvalue weighted by Crippen LogP contribution is 2.25. The molecule has 1 aromatic heterocycles. The maximum atomic E-state index is 9.48. The van der Waals surface area contributed by atoms with E-state index in [4.69, 9.17) is 4.42 Å². The van der Waals surface area contributed by atoms with Crippen molar-refractivity contribution in [3.8, 4) is 0 Å². The molecule has 0 fully saturated rings. The summed E-state index contributed by atoms with van der Waals surface area (Å²) in [6.45, 7) is 5.61. The zero-order valence-electron chi connectivity index (χ0n) is 8.33. The lowest BCUT2D eigenvalue weighted by Crippen LogP contribution is -2.18. The number of hydrogen-bond donors (Lipinski definition) is 1. The van der Waals surface area contributed by atoms with Gasteiger partial charge < -0.3 is 9.52 Å². The van der Waals surface area contributed by atoms with E-state index in [0.29, 0.717) is 0 Å². The van der Waals surface area contributed by atoms with Crippen LogP contribution in [-0.4, -0.2) is 16.5 Å². The standard InChI is InChI=1S/C10H16O2S/c1-8-9(4-6-12-8)13-7-5-10(2,3)11/h4,6,11H,5,7H2,1-3H3. The summed E-state index contributed by atoms with van der Waals surface area (Å²) in [5.74, 6) is 1.88. The molecule has 1 N–H and O–H groups in total. The van der Waals surface area contributed by atoms with Gasteiger partial charge in [0.05, 0.1) is 11.9 Å². The van der Waals surface area contributed by atoms with E-state index in [2.05, 4.69) is 0 Å². The van der Waals surface area contributed by atoms with Crippen molar-refractivity contribution in [2.24, 2.45) is 0 Å². The van der Waals surface area contributed by atoms with Crippen LogP contribution in [0.15, 0.2) is 21.6 Å². The first kappa shape index (κ1) is 10.7. The van der Waals surface area contributed by atoms with Crippen LogP contribution in [0.3, 0.4) is 0 Å². The molecule has 1 aromatic rings. The SMILES string of the molecule is Cc1occc1SCCC(C)(C)O. The molecule has 0 saturated carbocycles. The summed E-state index contributed by atoms with van der Waals surface area (Å²) in [5, 5.41) is 9.48. The molecule has 0 saturated heterocycles. The molecule has 0 amide bonds. The largest absolute Gasteiger partial charge is 0.468 e. The number of thioether (sulfide) groups is 1. The predicted molar refractivity (Wildman–Crippen MR) is 55.1 cm³/mol. The average molecular weight is 200 g/mol. The van der Waals surface area contributed by atoms with E-state index in [1.165, 1.54) is 4.90 Å². The maximum absolute atomic E-state index is 9.48. The minimum atomic E-state index is -0.565. The molecule has 0 radical (unpaired) electrons. The van der Waals surface area contributed by atoms with Crippen LogP contribution in [0.1, 0.15) is 26.0 Å². The first-order valence-electron chi connectivity index (χ1n) is 4.38. The Labute approximate surface area is 83.3 Å². The number of rotatable bonds is 4. The molecule has 0 aromatic carbocycles. The van der Waals surface area contributed by atoms with Gasteiger partial charge in [-0.3, -0.25) is 0 Å². The Bertz CT molecular complexity index is 260. The fraction of sp³-hybridized carbons (Fsp3) is 0.600. The summed E-state index contributed by atoms with van der Waals surface area (Å²) >= 11 is 1.73. The minimum Gasteiger partial charge on any atom is -0.468 e. The monoisotopic (exact) mass is 200 g/mol. The Balaban J connectivity index is 2.32. The van der Waals surface area contributed by atoms with Crippen LogP contribution in [-0.2, 0) is 0 Å². The summed E-state index contributed by atoms with van der Waals surface area (Å²) in [7, 11) is 0. The average Bonchev–Trinajstić information content (AvgIpc) is 2.34. The van der Waals surface area contributed by atoms with E-state index >= 15 is 0 Å². The van der Waals surface area contributed by atoms with Crippen LogP contribution >= 0.6 is 11.8 Å². The van der Waals surface area contributed by atoms with E-state index < -0.39 is 5.60 Å². The van der Waals surface area contributed by atoms with Crippen molar-refractivity contribution in [2.45, 2.75) is 37.7 Å². The van der Waals surface area contributed by atoms with Gasteiger partial charge in [-0.1, -0.05) is 0 Å². The fourth-order valence-electron chi connectivity index (χ4n) is 0.934. The maximum Gasteiger partial charge on any atom is 0.114 e. The second-order valence-electron chi connectivity index (χ2n) is 3.75. The van der Waals surface area contributed by atoms with Crippen molar-refractivity contribution in [3.05, 3.63) is 18.1 Å². The molecule has 2 nitrogen and oxygen atoms in total. The van der Waals surface area contributed by atoms with Gasteiger partial charge >= 0.3 is 0 Å². The van der Waals surface area contributed by atoms with Gasteiger partial charge in [0.15, 0.2) is 0 Å². The Morgan fingerprint density at radius 1 is 1.54 bits per heavy atom. The second-order valence-corrected chi connectivity index (χ2v) is 4.89. The minimum absolute atomic E-state index is 0.565. The lowest BCUT2D eigenvalue weighted by molar-refractivity contribution is 0.0777. The first-order valence-corrected chi connectivity index (χ1v) is 5.37. The Morgan fingerprint density at radius 3 is 2.69 bits per heavy atom. The van der Waals surface area contributed by atoms with Crippen molar-refractivity contribution in [3.63, 3.8) is 0 Å². The van der Waals surface area contributed by atoms with Crippen molar-refractivity contribution in [2.75, 3.05) is 5.75 Å². The molecule has 1 rings (SSSR count). The van der Waals surface area contributed by atoms with Gasteiger partial charge in [0, 0.05) is 10.6 Å². The van der Waals surface area contributed by atoms with E-state index in [9.17, 15) is 5.11 Å². The highest BCUT2D eigenvalue weighted by molar-refractivity contribution is 7.99. The predicted octanol–water partition coefficient (Wildman–Crippen LogP) is 2.84. The number of aliphatic hydroxyl groups is 1. The van der Waals surface area contributed by atoms with Gasteiger partial charge in [-0.25, -0.2) is 0 Å². The second kappa shape index (κ2) is 4.20. The van der Waals surface area contributed by atoms with Crippen LogP contribution in [0.2, 0.25) is 0 Å². The topological polar surface area (TPSA) is 33.4 Å². The van der Waals surface area contributed by atoms with Crippen LogP contribution in [0.5, 0.6) is 0 Å². The summed E-state index contributed by atoms with van der Waals surface area (Å²) in [6, 6.07) is 1.96. The van der Waals surface area contributed by atoms with Gasteiger partial charge in [-0.05, 0) is 33.3 Å². The van der Waals surface area contributed by atoms with Gasteiger partial charge in [0.25, 0.3) is 0 Å². The molecule has 0 aliphatic heterocycles. The molecule has 0 aliphatic rings. The third-order valence-corrected chi connectivity index (χ3v) is 2.93. The van der Waals surface area contributed by atoms with Crippen LogP contribution in [0, 0.1) is 6.92 Å². The van der Waals surface area contributed by atoms with Gasteiger partial charge in [0.2, 0.25) is 0 Å². The third kappa shape index (κ3) is 3.87. The molecule has 0 atom stereocenters. The number of furan rings is 1. The molecule has 13 heavy (non-hydrogen) atoms. The Hall–Kier alpha value is -0.410. The van der Waals surface area contributed by atoms with Crippen LogP contribution < -0.4 is 0 Å². The molecule has 0 unspecified atom stereocenters. The van der Waals surface area contributed by atoms with Crippen molar-refractivity contribution >= 4 is 11.8 Å². The Kier molecular flexibility index (Phi) is 3.45. The number of aryl methyl sites for hydroxylation is 1. The smallest absolute Gasteiger partial charge is 0.114 e. The molecule has 1 heterocycles. The molecular weight excluding hydrogens is 184 g/mol. The van der Waals surface area contributed by atoms with Crippen molar-refractivity contribution in [1.82, 2.24) is 0 Å². The lowest BCUT2D eigenvalue weighted by Gasteiger charge is -2.15. The highest BCUT2D eigenvalue weighted by Gasteiger charge is 2.12. The summed E-state index contributed by atoms with van der Waals surface area (Å²) in [6.07, 6.45) is 2.49. The molecule has 0 bridgehead atoms. The molecule has 0 aliphatic carbocycles.